The molecule has 2 bridgehead atoms. The maximum absolute atomic E-state index is 13.6. The summed E-state index contributed by atoms with van der Waals surface area (Å²) in [5.74, 6) is 0.101. The maximum atomic E-state index is 13.6. The molecular weight excluding hydrogens is 444 g/mol. The lowest BCUT2D eigenvalue weighted by molar-refractivity contribution is 0.0919. The van der Waals surface area contributed by atoms with Gasteiger partial charge in [0.15, 0.2) is 15.6 Å². The largest absolute Gasteiger partial charge is 0.313 e. The van der Waals surface area contributed by atoms with E-state index in [9.17, 15) is 13.2 Å². The standard InChI is InChI=1S/C25H27ClN2O3S/c1-16-25(24(29)14-27-19-8-9-20(27)11-10-19)22-12-3-17(15-32(2,30)31)13-23(22)28(16)21-6-4-18(26)5-7-21/h3-7,12-13,19-20H,8-11,14-15H2,1-2H3/t19-,20+. The Labute approximate surface area is 193 Å². The fraction of sp³-hybridized carbons (Fsp3) is 0.400. The molecule has 0 amide bonds. The van der Waals surface area contributed by atoms with Gasteiger partial charge in [0.2, 0.25) is 0 Å². The van der Waals surface area contributed by atoms with Gasteiger partial charge in [0, 0.05) is 45.7 Å². The lowest BCUT2D eigenvalue weighted by atomic mass is 10.0. The molecule has 0 N–H and O–H groups in total. The van der Waals surface area contributed by atoms with Gasteiger partial charge in [-0.15, -0.1) is 0 Å². The van der Waals surface area contributed by atoms with Crippen molar-refractivity contribution in [3.8, 4) is 5.69 Å². The molecule has 0 radical (unpaired) electrons. The third kappa shape index (κ3) is 3.89. The molecule has 3 aromatic rings. The van der Waals surface area contributed by atoms with Crippen LogP contribution in [0.1, 0.15) is 47.3 Å². The Bertz CT molecular complexity index is 1290. The Morgan fingerprint density at radius 2 is 1.66 bits per heavy atom. The minimum Gasteiger partial charge on any atom is -0.313 e. The van der Waals surface area contributed by atoms with Crippen LogP contribution in [0.15, 0.2) is 42.5 Å². The van der Waals surface area contributed by atoms with Crippen molar-refractivity contribution < 1.29 is 13.2 Å². The number of hydrogen-bond acceptors (Lipinski definition) is 4. The molecule has 7 heteroatoms. The molecular formula is C25H27ClN2O3S. The van der Waals surface area contributed by atoms with E-state index in [0.29, 0.717) is 29.2 Å². The van der Waals surface area contributed by atoms with E-state index in [1.165, 1.54) is 31.9 Å². The smallest absolute Gasteiger partial charge is 0.179 e. The first-order chi connectivity index (χ1) is 15.2. The minimum atomic E-state index is -3.17. The van der Waals surface area contributed by atoms with E-state index in [1.807, 2.05) is 54.0 Å². The maximum Gasteiger partial charge on any atom is 0.179 e. The summed E-state index contributed by atoms with van der Waals surface area (Å²) in [6, 6.07) is 14.2. The minimum absolute atomic E-state index is 0.0335. The molecule has 0 spiro atoms. The number of sulfone groups is 1. The molecule has 2 aliphatic heterocycles. The van der Waals surface area contributed by atoms with E-state index < -0.39 is 9.84 Å². The molecule has 2 fully saturated rings. The summed E-state index contributed by atoms with van der Waals surface area (Å²) in [7, 11) is -3.17. The van der Waals surface area contributed by atoms with Crippen LogP contribution < -0.4 is 0 Å². The SMILES string of the molecule is Cc1c(C(=O)CN2[C@H]3CC[C@@H]2CC3)c2ccc(CS(C)(=O)=O)cc2n1-c1ccc(Cl)cc1. The average molecular weight is 471 g/mol. The summed E-state index contributed by atoms with van der Waals surface area (Å²) >= 11 is 6.10. The number of rotatable bonds is 6. The Hall–Kier alpha value is -2.15. The number of aromatic nitrogens is 1. The van der Waals surface area contributed by atoms with Crippen LogP contribution in [-0.4, -0.2) is 48.6 Å². The molecule has 2 aliphatic rings. The van der Waals surface area contributed by atoms with Crippen molar-refractivity contribution >= 4 is 38.1 Å². The third-order valence-corrected chi connectivity index (χ3v) is 8.10. The Balaban J connectivity index is 1.63. The van der Waals surface area contributed by atoms with Gasteiger partial charge in [-0.3, -0.25) is 9.69 Å². The fourth-order valence-electron chi connectivity index (χ4n) is 5.65. The number of ketones is 1. The molecule has 2 aromatic carbocycles. The number of carbonyl (C=O) groups excluding carboxylic acids is 1. The van der Waals surface area contributed by atoms with Gasteiger partial charge in [-0.2, -0.15) is 0 Å². The molecule has 0 atom stereocenters. The predicted octanol–water partition coefficient (Wildman–Crippen LogP) is 4.95. The number of Topliss-reactive ketones (excluding diaryl/α,β-unsaturated/α-hetero) is 1. The average Bonchev–Trinajstić information content (AvgIpc) is 3.37. The zero-order valence-corrected chi connectivity index (χ0v) is 19.9. The van der Waals surface area contributed by atoms with Crippen LogP contribution in [0, 0.1) is 6.92 Å². The summed E-state index contributed by atoms with van der Waals surface area (Å²) in [4.78, 5) is 16.0. The first-order valence-electron chi connectivity index (χ1n) is 11.1. The van der Waals surface area contributed by atoms with Crippen LogP contribution in [0.2, 0.25) is 5.02 Å². The molecule has 0 saturated carbocycles. The van der Waals surface area contributed by atoms with E-state index in [2.05, 4.69) is 4.90 Å². The quantitative estimate of drug-likeness (QED) is 0.478. The van der Waals surface area contributed by atoms with Crippen molar-refractivity contribution in [2.75, 3.05) is 12.8 Å². The van der Waals surface area contributed by atoms with Crippen molar-refractivity contribution in [3.63, 3.8) is 0 Å². The summed E-state index contributed by atoms with van der Waals surface area (Å²) in [5, 5.41) is 1.51. The van der Waals surface area contributed by atoms with Crippen LogP contribution in [0.4, 0.5) is 0 Å². The third-order valence-electron chi connectivity index (χ3n) is 6.99. The fourth-order valence-corrected chi connectivity index (χ4v) is 6.56. The van der Waals surface area contributed by atoms with Gasteiger partial charge in [0.05, 0.1) is 17.8 Å². The molecule has 3 heterocycles. The van der Waals surface area contributed by atoms with E-state index >= 15 is 0 Å². The van der Waals surface area contributed by atoms with Crippen LogP contribution in [-0.2, 0) is 15.6 Å². The Kier molecular flexibility index (Phi) is 5.43. The van der Waals surface area contributed by atoms with Gasteiger partial charge in [-0.05, 0) is 68.5 Å². The van der Waals surface area contributed by atoms with E-state index in [1.54, 1.807) is 0 Å². The van der Waals surface area contributed by atoms with Gasteiger partial charge in [-0.25, -0.2) is 8.42 Å². The van der Waals surface area contributed by atoms with Crippen LogP contribution in [0.25, 0.3) is 16.6 Å². The zero-order valence-electron chi connectivity index (χ0n) is 18.3. The first-order valence-corrected chi connectivity index (χ1v) is 13.5. The first kappa shape index (κ1) is 21.7. The highest BCUT2D eigenvalue weighted by Gasteiger charge is 2.40. The second-order valence-corrected chi connectivity index (χ2v) is 11.8. The van der Waals surface area contributed by atoms with Gasteiger partial charge in [0.1, 0.15) is 0 Å². The molecule has 5 rings (SSSR count). The van der Waals surface area contributed by atoms with Crippen molar-refractivity contribution in [2.45, 2.75) is 50.4 Å². The molecule has 5 nitrogen and oxygen atoms in total. The Morgan fingerprint density at radius 1 is 1.03 bits per heavy atom. The topological polar surface area (TPSA) is 59.4 Å². The molecule has 168 valence electrons. The highest BCUT2D eigenvalue weighted by atomic mass is 35.5. The van der Waals surface area contributed by atoms with E-state index in [0.717, 1.165) is 27.8 Å². The van der Waals surface area contributed by atoms with Crippen molar-refractivity contribution in [3.05, 3.63) is 64.3 Å². The summed E-state index contributed by atoms with van der Waals surface area (Å²) in [5.41, 5.74) is 4.05. The van der Waals surface area contributed by atoms with Crippen LogP contribution >= 0.6 is 11.6 Å². The Morgan fingerprint density at radius 3 is 2.25 bits per heavy atom. The summed E-state index contributed by atoms with van der Waals surface area (Å²) in [6.45, 7) is 2.41. The normalized spacial score (nSPS) is 21.0. The van der Waals surface area contributed by atoms with Crippen molar-refractivity contribution in [2.24, 2.45) is 0 Å². The number of halogens is 1. The second kappa shape index (κ2) is 8.01. The number of hydrogen-bond donors (Lipinski definition) is 0. The molecule has 2 saturated heterocycles. The lowest BCUT2D eigenvalue weighted by Crippen LogP contribution is -2.34. The summed E-state index contributed by atoms with van der Waals surface area (Å²) in [6.07, 6.45) is 6.01. The van der Waals surface area contributed by atoms with Gasteiger partial charge in [-0.1, -0.05) is 23.7 Å². The number of fused-ring (bicyclic) bond motifs is 3. The molecule has 0 unspecified atom stereocenters. The van der Waals surface area contributed by atoms with Gasteiger partial charge in [0.25, 0.3) is 0 Å². The lowest BCUT2D eigenvalue weighted by Gasteiger charge is -2.20. The zero-order chi connectivity index (χ0) is 22.6. The molecule has 1 aromatic heterocycles. The number of benzene rings is 2. The van der Waals surface area contributed by atoms with E-state index in [4.69, 9.17) is 11.6 Å². The predicted molar refractivity (Wildman–Crippen MR) is 129 cm³/mol. The highest BCUT2D eigenvalue weighted by Crippen LogP contribution is 2.38. The second-order valence-electron chi connectivity index (χ2n) is 9.25. The van der Waals surface area contributed by atoms with Crippen LogP contribution in [0.5, 0.6) is 0 Å². The molecule has 0 aliphatic carbocycles. The van der Waals surface area contributed by atoms with Crippen molar-refractivity contribution in [1.82, 2.24) is 9.47 Å². The van der Waals surface area contributed by atoms with Crippen LogP contribution in [0.3, 0.4) is 0 Å². The number of carbonyl (C=O) groups is 1. The molecule has 32 heavy (non-hydrogen) atoms. The van der Waals surface area contributed by atoms with Crippen molar-refractivity contribution in [1.29, 1.82) is 0 Å². The monoisotopic (exact) mass is 470 g/mol. The highest BCUT2D eigenvalue weighted by molar-refractivity contribution is 7.89. The van der Waals surface area contributed by atoms with Gasteiger partial charge < -0.3 is 4.57 Å². The van der Waals surface area contributed by atoms with E-state index in [-0.39, 0.29) is 11.5 Å². The number of nitrogens with zero attached hydrogens (tertiary/aromatic N) is 2. The summed E-state index contributed by atoms with van der Waals surface area (Å²) < 4.78 is 25.8. The van der Waals surface area contributed by atoms with Gasteiger partial charge >= 0.3 is 0 Å².